The van der Waals surface area contributed by atoms with Crippen LogP contribution in [0.3, 0.4) is 0 Å². The van der Waals surface area contributed by atoms with Crippen LogP contribution in [0.2, 0.25) is 0 Å². The third-order valence-corrected chi connectivity index (χ3v) is 6.24. The monoisotopic (exact) mass is 438 g/mol. The lowest BCUT2D eigenvalue weighted by Crippen LogP contribution is -2.49. The number of para-hydroxylation sites is 1. The molecule has 2 fully saturated rings. The molecule has 0 spiro atoms. The van der Waals surface area contributed by atoms with Gasteiger partial charge in [-0.2, -0.15) is 0 Å². The predicted octanol–water partition coefficient (Wildman–Crippen LogP) is 5.48. The number of benzene rings is 1. The number of amides is 1. The van der Waals surface area contributed by atoms with Gasteiger partial charge in [-0.3, -0.25) is 4.90 Å². The van der Waals surface area contributed by atoms with Gasteiger partial charge in [0.05, 0.1) is 13.2 Å². The van der Waals surface area contributed by atoms with E-state index >= 15 is 0 Å². The number of hydrogen-bond acceptors (Lipinski definition) is 4. The highest BCUT2D eigenvalue weighted by molar-refractivity contribution is 5.85. The number of halogens is 1. The zero-order chi connectivity index (χ0) is 20.3. The van der Waals surface area contributed by atoms with Crippen molar-refractivity contribution in [3.8, 4) is 5.75 Å². The standard InChI is InChI=1S/C24H38N2O3.ClH/c1-2-28-24(27)26-18-16-25(17-19-26)15-9-4-10-20-29-23-14-8-7-13-22(23)21-11-5-3-6-12-21;/h7-8,13-14,21H,2-6,9-12,15-20H2,1H3;1H. The van der Waals surface area contributed by atoms with Crippen molar-refractivity contribution in [3.63, 3.8) is 0 Å². The number of unbranched alkanes of at least 4 members (excludes halogenated alkanes) is 2. The first-order valence-corrected chi connectivity index (χ1v) is 11.6. The average Bonchev–Trinajstić information content (AvgIpc) is 2.77. The minimum atomic E-state index is -0.169. The summed E-state index contributed by atoms with van der Waals surface area (Å²) in [6.07, 6.45) is 10.0. The van der Waals surface area contributed by atoms with Crippen LogP contribution in [0.4, 0.5) is 4.79 Å². The first kappa shape index (κ1) is 24.8. The van der Waals surface area contributed by atoms with Gasteiger partial charge < -0.3 is 14.4 Å². The van der Waals surface area contributed by atoms with Crippen molar-refractivity contribution < 1.29 is 14.3 Å². The molecule has 1 aromatic carbocycles. The molecule has 3 rings (SSSR count). The molecule has 1 aromatic rings. The van der Waals surface area contributed by atoms with E-state index in [2.05, 4.69) is 29.2 Å². The van der Waals surface area contributed by atoms with Crippen LogP contribution < -0.4 is 4.74 Å². The zero-order valence-corrected chi connectivity index (χ0v) is 19.3. The summed E-state index contributed by atoms with van der Waals surface area (Å²) in [6, 6.07) is 8.66. The number of rotatable bonds is 9. The largest absolute Gasteiger partial charge is 0.493 e. The maximum absolute atomic E-state index is 11.8. The molecule has 0 bridgehead atoms. The topological polar surface area (TPSA) is 42.0 Å². The fourth-order valence-electron chi connectivity index (χ4n) is 4.53. The molecule has 170 valence electrons. The van der Waals surface area contributed by atoms with Crippen molar-refractivity contribution in [2.45, 2.75) is 64.2 Å². The lowest BCUT2D eigenvalue weighted by Gasteiger charge is -2.34. The minimum Gasteiger partial charge on any atom is -0.493 e. The third-order valence-electron chi connectivity index (χ3n) is 6.24. The van der Waals surface area contributed by atoms with Crippen LogP contribution in [0.25, 0.3) is 0 Å². The molecule has 0 aromatic heterocycles. The van der Waals surface area contributed by atoms with Crippen molar-refractivity contribution in [3.05, 3.63) is 29.8 Å². The summed E-state index contributed by atoms with van der Waals surface area (Å²) in [7, 11) is 0. The number of hydrogen-bond donors (Lipinski definition) is 0. The molecule has 0 atom stereocenters. The smallest absolute Gasteiger partial charge is 0.409 e. The Bertz CT molecular complexity index is 614. The predicted molar refractivity (Wildman–Crippen MR) is 124 cm³/mol. The van der Waals surface area contributed by atoms with Crippen molar-refractivity contribution in [2.75, 3.05) is 45.9 Å². The molecule has 1 heterocycles. The Labute approximate surface area is 188 Å². The zero-order valence-electron chi connectivity index (χ0n) is 18.5. The summed E-state index contributed by atoms with van der Waals surface area (Å²) >= 11 is 0. The number of ether oxygens (including phenoxy) is 2. The highest BCUT2D eigenvalue weighted by Gasteiger charge is 2.21. The van der Waals surface area contributed by atoms with Crippen molar-refractivity contribution >= 4 is 18.5 Å². The van der Waals surface area contributed by atoms with Crippen LogP contribution in [0.15, 0.2) is 24.3 Å². The summed E-state index contributed by atoms with van der Waals surface area (Å²) in [5.41, 5.74) is 1.42. The van der Waals surface area contributed by atoms with Gasteiger partial charge in [0.25, 0.3) is 0 Å². The van der Waals surface area contributed by atoms with Gasteiger partial charge in [-0.05, 0) is 63.1 Å². The summed E-state index contributed by atoms with van der Waals surface area (Å²) in [6.45, 7) is 7.67. The fraction of sp³-hybridized carbons (Fsp3) is 0.708. The number of piperazine rings is 1. The van der Waals surface area contributed by atoms with Gasteiger partial charge in [-0.25, -0.2) is 4.79 Å². The molecule has 1 aliphatic heterocycles. The Kier molecular flexibility index (Phi) is 11.4. The van der Waals surface area contributed by atoms with Gasteiger partial charge in [-0.1, -0.05) is 37.5 Å². The summed E-state index contributed by atoms with van der Waals surface area (Å²) in [5, 5.41) is 0. The highest BCUT2D eigenvalue weighted by atomic mass is 35.5. The molecule has 6 heteroatoms. The van der Waals surface area contributed by atoms with E-state index in [1.807, 2.05) is 11.8 Å². The lowest BCUT2D eigenvalue weighted by atomic mass is 9.84. The van der Waals surface area contributed by atoms with Gasteiger partial charge in [-0.15, -0.1) is 12.4 Å². The van der Waals surface area contributed by atoms with Gasteiger partial charge in [0, 0.05) is 26.2 Å². The quantitative estimate of drug-likeness (QED) is 0.479. The van der Waals surface area contributed by atoms with Gasteiger partial charge in [0.2, 0.25) is 0 Å². The van der Waals surface area contributed by atoms with E-state index in [-0.39, 0.29) is 18.5 Å². The summed E-state index contributed by atoms with van der Waals surface area (Å²) in [5.74, 6) is 1.79. The van der Waals surface area contributed by atoms with Crippen LogP contribution in [-0.4, -0.2) is 61.8 Å². The second kappa shape index (κ2) is 13.8. The Morgan fingerprint density at radius 2 is 1.73 bits per heavy atom. The van der Waals surface area contributed by atoms with Crippen molar-refractivity contribution in [2.24, 2.45) is 0 Å². The minimum absolute atomic E-state index is 0. The molecular weight excluding hydrogens is 400 g/mol. The molecule has 5 nitrogen and oxygen atoms in total. The second-order valence-corrected chi connectivity index (χ2v) is 8.31. The maximum Gasteiger partial charge on any atom is 0.409 e. The van der Waals surface area contributed by atoms with Crippen LogP contribution in [0.1, 0.15) is 69.8 Å². The molecule has 0 radical (unpaired) electrons. The molecule has 1 saturated heterocycles. The van der Waals surface area contributed by atoms with Crippen molar-refractivity contribution in [1.82, 2.24) is 9.80 Å². The van der Waals surface area contributed by atoms with Gasteiger partial charge in [0.15, 0.2) is 0 Å². The summed E-state index contributed by atoms with van der Waals surface area (Å²) in [4.78, 5) is 16.0. The normalized spacial score (nSPS) is 18.0. The molecule has 0 unspecified atom stereocenters. The number of nitrogens with zero attached hydrogens (tertiary/aromatic N) is 2. The molecule has 0 N–H and O–H groups in total. The van der Waals surface area contributed by atoms with Crippen LogP contribution in [-0.2, 0) is 4.74 Å². The molecule has 1 amide bonds. The van der Waals surface area contributed by atoms with Gasteiger partial charge >= 0.3 is 6.09 Å². The SMILES string of the molecule is CCOC(=O)N1CCN(CCCCCOc2ccccc2C2CCCCC2)CC1.Cl. The first-order chi connectivity index (χ1) is 14.3. The van der Waals surface area contributed by atoms with E-state index in [9.17, 15) is 4.79 Å². The van der Waals surface area contributed by atoms with E-state index in [0.29, 0.717) is 12.5 Å². The lowest BCUT2D eigenvalue weighted by molar-refractivity contribution is 0.0791. The van der Waals surface area contributed by atoms with Crippen LogP contribution in [0, 0.1) is 0 Å². The first-order valence-electron chi connectivity index (χ1n) is 11.6. The Balaban J connectivity index is 0.00000320. The molecule has 1 aliphatic carbocycles. The Morgan fingerprint density at radius 1 is 1.00 bits per heavy atom. The van der Waals surface area contributed by atoms with E-state index < -0.39 is 0 Å². The fourth-order valence-corrected chi connectivity index (χ4v) is 4.53. The summed E-state index contributed by atoms with van der Waals surface area (Å²) < 4.78 is 11.3. The number of carbonyl (C=O) groups is 1. The van der Waals surface area contributed by atoms with E-state index in [1.165, 1.54) is 50.5 Å². The second-order valence-electron chi connectivity index (χ2n) is 8.31. The van der Waals surface area contributed by atoms with Crippen LogP contribution >= 0.6 is 12.4 Å². The molecule has 2 aliphatic rings. The van der Waals surface area contributed by atoms with Crippen molar-refractivity contribution in [1.29, 1.82) is 0 Å². The van der Waals surface area contributed by atoms with E-state index in [1.54, 1.807) is 0 Å². The van der Waals surface area contributed by atoms with E-state index in [4.69, 9.17) is 9.47 Å². The third kappa shape index (κ3) is 7.66. The van der Waals surface area contributed by atoms with E-state index in [0.717, 1.165) is 51.5 Å². The Hall–Kier alpha value is -1.46. The molecule has 1 saturated carbocycles. The van der Waals surface area contributed by atoms with Gasteiger partial charge in [0.1, 0.15) is 5.75 Å². The van der Waals surface area contributed by atoms with Crippen LogP contribution in [0.5, 0.6) is 5.75 Å². The average molecular weight is 439 g/mol. The number of carbonyl (C=O) groups excluding carboxylic acids is 1. The Morgan fingerprint density at radius 3 is 2.47 bits per heavy atom. The molecule has 30 heavy (non-hydrogen) atoms. The highest BCUT2D eigenvalue weighted by Crippen LogP contribution is 2.37. The maximum atomic E-state index is 11.8. The molecular formula is C24H39ClN2O3.